The van der Waals surface area contributed by atoms with E-state index in [0.29, 0.717) is 6.04 Å². The highest BCUT2D eigenvalue weighted by Gasteiger charge is 2.30. The van der Waals surface area contributed by atoms with Crippen LogP contribution in [-0.4, -0.2) is 41.1 Å². The molecule has 5 heteroatoms. The molecule has 0 bridgehead atoms. The minimum atomic E-state index is 0.166. The van der Waals surface area contributed by atoms with Crippen LogP contribution in [0.3, 0.4) is 0 Å². The quantitative estimate of drug-likeness (QED) is 0.894. The number of carbonyl (C=O) groups excluding carboxylic acids is 1. The first kappa shape index (κ1) is 14.1. The molecule has 3 rings (SSSR count). The van der Waals surface area contributed by atoms with Crippen molar-refractivity contribution in [3.63, 3.8) is 0 Å². The number of aromatic nitrogens is 1. The first-order valence-corrected chi connectivity index (χ1v) is 8.27. The van der Waals surface area contributed by atoms with Crippen LogP contribution < -0.4 is 5.32 Å². The lowest BCUT2D eigenvalue weighted by atomic mass is 10.2. The molecule has 2 fully saturated rings. The van der Waals surface area contributed by atoms with Crippen LogP contribution in [0.2, 0.25) is 0 Å². The number of amides is 1. The smallest absolute Gasteiger partial charge is 0.270 e. The van der Waals surface area contributed by atoms with Crippen LogP contribution in [0, 0.1) is 5.92 Å². The Bertz CT molecular complexity index is 489. The standard InChI is InChI=1S/C15H22BrN3O/c1-18-9-12(16)7-14(18)15(20)19(8-11-4-5-11)10-13-3-2-6-17-13/h7,9,11,13,17H,2-6,8,10H2,1H3. The van der Waals surface area contributed by atoms with Gasteiger partial charge in [-0.1, -0.05) is 0 Å². The summed E-state index contributed by atoms with van der Waals surface area (Å²) >= 11 is 3.45. The van der Waals surface area contributed by atoms with Gasteiger partial charge in [-0.25, -0.2) is 0 Å². The third kappa shape index (κ3) is 3.26. The highest BCUT2D eigenvalue weighted by molar-refractivity contribution is 9.10. The summed E-state index contributed by atoms with van der Waals surface area (Å²) in [7, 11) is 1.93. The summed E-state index contributed by atoms with van der Waals surface area (Å²) in [6.45, 7) is 2.85. The summed E-state index contributed by atoms with van der Waals surface area (Å²) in [5.74, 6) is 0.892. The fourth-order valence-corrected chi connectivity index (χ4v) is 3.45. The van der Waals surface area contributed by atoms with Crippen molar-refractivity contribution in [2.75, 3.05) is 19.6 Å². The third-order valence-corrected chi connectivity index (χ3v) is 4.69. The van der Waals surface area contributed by atoms with E-state index in [2.05, 4.69) is 26.1 Å². The van der Waals surface area contributed by atoms with Gasteiger partial charge in [0.2, 0.25) is 0 Å². The molecule has 4 nitrogen and oxygen atoms in total. The number of carbonyl (C=O) groups is 1. The average molecular weight is 340 g/mol. The molecule has 20 heavy (non-hydrogen) atoms. The highest BCUT2D eigenvalue weighted by Crippen LogP contribution is 2.30. The van der Waals surface area contributed by atoms with E-state index >= 15 is 0 Å². The van der Waals surface area contributed by atoms with Gasteiger partial charge in [-0.2, -0.15) is 0 Å². The SMILES string of the molecule is Cn1cc(Br)cc1C(=O)N(CC1CC1)CC1CCCN1. The number of aryl methyl sites for hydroxylation is 1. The van der Waals surface area contributed by atoms with E-state index in [1.54, 1.807) is 0 Å². The maximum absolute atomic E-state index is 12.8. The minimum absolute atomic E-state index is 0.166. The minimum Gasteiger partial charge on any atom is -0.345 e. The van der Waals surface area contributed by atoms with Crippen molar-refractivity contribution in [3.8, 4) is 0 Å². The second kappa shape index (κ2) is 5.90. The molecule has 0 spiro atoms. The Balaban J connectivity index is 1.72. The number of halogens is 1. The van der Waals surface area contributed by atoms with Gasteiger partial charge in [0.05, 0.1) is 0 Å². The van der Waals surface area contributed by atoms with Crippen molar-refractivity contribution in [2.45, 2.75) is 31.7 Å². The maximum Gasteiger partial charge on any atom is 0.270 e. The predicted octanol–water partition coefficient (Wildman–Crippen LogP) is 2.39. The molecule has 2 aliphatic rings. The van der Waals surface area contributed by atoms with Crippen molar-refractivity contribution in [3.05, 3.63) is 22.4 Å². The Kier molecular flexibility index (Phi) is 4.17. The van der Waals surface area contributed by atoms with Crippen LogP contribution >= 0.6 is 15.9 Å². The molecule has 1 unspecified atom stereocenters. The van der Waals surface area contributed by atoms with Crippen molar-refractivity contribution in [1.82, 2.24) is 14.8 Å². The molecule has 1 saturated heterocycles. The summed E-state index contributed by atoms with van der Waals surface area (Å²) < 4.78 is 2.88. The molecule has 1 aliphatic carbocycles. The summed E-state index contributed by atoms with van der Waals surface area (Å²) in [6.07, 6.45) is 6.91. The zero-order chi connectivity index (χ0) is 14.1. The topological polar surface area (TPSA) is 37.3 Å². The molecular formula is C15H22BrN3O. The molecule has 0 aromatic carbocycles. The van der Waals surface area contributed by atoms with Gasteiger partial charge >= 0.3 is 0 Å². The van der Waals surface area contributed by atoms with Gasteiger partial charge in [0.25, 0.3) is 5.91 Å². The fourth-order valence-electron chi connectivity index (χ4n) is 2.93. The number of hydrogen-bond donors (Lipinski definition) is 1. The first-order chi connectivity index (χ1) is 9.63. The van der Waals surface area contributed by atoms with Crippen LogP contribution in [0.4, 0.5) is 0 Å². The van der Waals surface area contributed by atoms with E-state index in [9.17, 15) is 4.79 Å². The molecule has 110 valence electrons. The number of hydrogen-bond acceptors (Lipinski definition) is 2. The molecule has 2 heterocycles. The van der Waals surface area contributed by atoms with E-state index in [1.807, 2.05) is 23.9 Å². The molecule has 1 amide bonds. The Labute approximate surface area is 128 Å². The fraction of sp³-hybridized carbons (Fsp3) is 0.667. The molecule has 1 aliphatic heterocycles. The van der Waals surface area contributed by atoms with Crippen molar-refractivity contribution in [1.29, 1.82) is 0 Å². The van der Waals surface area contributed by atoms with Gasteiger partial charge in [0.15, 0.2) is 0 Å². The van der Waals surface area contributed by atoms with Crippen molar-refractivity contribution < 1.29 is 4.79 Å². The molecule has 1 aromatic rings. The molecular weight excluding hydrogens is 318 g/mol. The number of nitrogens with one attached hydrogen (secondary N) is 1. The number of nitrogens with zero attached hydrogens (tertiary/aromatic N) is 2. The Morgan fingerprint density at radius 1 is 1.45 bits per heavy atom. The molecule has 0 radical (unpaired) electrons. The lowest BCUT2D eigenvalue weighted by Gasteiger charge is -2.26. The number of rotatable bonds is 5. The summed E-state index contributed by atoms with van der Waals surface area (Å²) in [4.78, 5) is 14.8. The van der Waals surface area contributed by atoms with E-state index in [0.717, 1.165) is 35.7 Å². The Hall–Kier alpha value is -0.810. The van der Waals surface area contributed by atoms with Gasteiger partial charge in [-0.3, -0.25) is 4.79 Å². The van der Waals surface area contributed by atoms with Gasteiger partial charge in [0, 0.05) is 36.8 Å². The van der Waals surface area contributed by atoms with Crippen molar-refractivity contribution in [2.24, 2.45) is 13.0 Å². The summed E-state index contributed by atoms with van der Waals surface area (Å²) in [5.41, 5.74) is 0.774. The molecule has 1 N–H and O–H groups in total. The molecule has 1 aromatic heterocycles. The zero-order valence-corrected chi connectivity index (χ0v) is 13.5. The van der Waals surface area contributed by atoms with Gasteiger partial charge in [-0.05, 0) is 60.1 Å². The van der Waals surface area contributed by atoms with Crippen molar-refractivity contribution >= 4 is 21.8 Å². The highest BCUT2D eigenvalue weighted by atomic mass is 79.9. The Morgan fingerprint density at radius 3 is 2.80 bits per heavy atom. The summed E-state index contributed by atoms with van der Waals surface area (Å²) in [5, 5.41) is 3.50. The van der Waals surface area contributed by atoms with Gasteiger partial charge in [0.1, 0.15) is 5.69 Å². The Morgan fingerprint density at radius 2 is 2.25 bits per heavy atom. The molecule has 1 atom stereocenters. The monoisotopic (exact) mass is 339 g/mol. The second-order valence-electron chi connectivity index (χ2n) is 6.10. The maximum atomic E-state index is 12.8. The largest absolute Gasteiger partial charge is 0.345 e. The van der Waals surface area contributed by atoms with Crippen LogP contribution in [-0.2, 0) is 7.05 Å². The second-order valence-corrected chi connectivity index (χ2v) is 7.02. The average Bonchev–Trinajstić information content (AvgIpc) is 2.94. The van der Waals surface area contributed by atoms with Gasteiger partial charge < -0.3 is 14.8 Å². The first-order valence-electron chi connectivity index (χ1n) is 7.48. The summed E-state index contributed by atoms with van der Waals surface area (Å²) in [6, 6.07) is 2.39. The van der Waals surface area contributed by atoms with Crippen LogP contribution in [0.1, 0.15) is 36.2 Å². The van der Waals surface area contributed by atoms with E-state index in [-0.39, 0.29) is 5.91 Å². The third-order valence-electron chi connectivity index (χ3n) is 4.26. The lowest BCUT2D eigenvalue weighted by Crippen LogP contribution is -2.42. The van der Waals surface area contributed by atoms with E-state index in [1.165, 1.54) is 25.7 Å². The predicted molar refractivity (Wildman–Crippen MR) is 82.8 cm³/mol. The van der Waals surface area contributed by atoms with Gasteiger partial charge in [-0.15, -0.1) is 0 Å². The van der Waals surface area contributed by atoms with E-state index in [4.69, 9.17) is 0 Å². The van der Waals surface area contributed by atoms with Crippen LogP contribution in [0.5, 0.6) is 0 Å². The van der Waals surface area contributed by atoms with E-state index < -0.39 is 0 Å². The molecule has 1 saturated carbocycles. The lowest BCUT2D eigenvalue weighted by molar-refractivity contribution is 0.0724. The van der Waals surface area contributed by atoms with Crippen LogP contribution in [0.25, 0.3) is 0 Å². The zero-order valence-electron chi connectivity index (χ0n) is 11.9. The normalized spacial score (nSPS) is 22.2. The van der Waals surface area contributed by atoms with Crippen LogP contribution in [0.15, 0.2) is 16.7 Å².